The zero-order valence-electron chi connectivity index (χ0n) is 10.6. The summed E-state index contributed by atoms with van der Waals surface area (Å²) in [5, 5.41) is 1.38. The molecule has 0 aliphatic carbocycles. The van der Waals surface area contributed by atoms with Crippen LogP contribution in [0, 0.1) is 0 Å². The molecule has 0 aromatic heterocycles. The number of halogens is 2. The van der Waals surface area contributed by atoms with Crippen molar-refractivity contribution in [3.8, 4) is 0 Å². The molecule has 0 aliphatic heterocycles. The van der Waals surface area contributed by atoms with Gasteiger partial charge in [-0.15, -0.1) is 11.8 Å². The Labute approximate surface area is 128 Å². The first-order valence-electron chi connectivity index (χ1n) is 5.98. The number of thioether (sulfide) groups is 1. The van der Waals surface area contributed by atoms with E-state index in [0.717, 1.165) is 16.9 Å². The van der Waals surface area contributed by atoms with Crippen LogP contribution in [0.3, 0.4) is 0 Å². The summed E-state index contributed by atoms with van der Waals surface area (Å²) in [6.07, 6.45) is 0. The van der Waals surface area contributed by atoms with Crippen molar-refractivity contribution in [2.45, 2.75) is 23.6 Å². The van der Waals surface area contributed by atoms with Crippen LogP contribution in [0.4, 0.5) is 0 Å². The molecule has 1 atom stereocenters. The Hall–Kier alpha value is -0.670. The van der Waals surface area contributed by atoms with Crippen LogP contribution in [0.25, 0.3) is 0 Å². The van der Waals surface area contributed by atoms with Gasteiger partial charge < -0.3 is 5.73 Å². The minimum atomic E-state index is 0.0739. The monoisotopic (exact) mass is 311 g/mol. The van der Waals surface area contributed by atoms with Gasteiger partial charge in [-0.2, -0.15) is 0 Å². The molecule has 2 aromatic carbocycles. The quantitative estimate of drug-likeness (QED) is 0.775. The van der Waals surface area contributed by atoms with Gasteiger partial charge in [0, 0.05) is 26.7 Å². The van der Waals surface area contributed by atoms with Crippen molar-refractivity contribution in [2.75, 3.05) is 0 Å². The first-order valence-corrected chi connectivity index (χ1v) is 7.72. The van der Waals surface area contributed by atoms with E-state index in [0.29, 0.717) is 10.0 Å². The fraction of sp³-hybridized carbons (Fsp3) is 0.200. The molecule has 0 radical (unpaired) electrons. The summed E-state index contributed by atoms with van der Waals surface area (Å²) < 4.78 is 0. The van der Waals surface area contributed by atoms with Crippen molar-refractivity contribution in [2.24, 2.45) is 5.73 Å². The zero-order valence-corrected chi connectivity index (χ0v) is 12.9. The lowest BCUT2D eigenvalue weighted by Gasteiger charge is -2.08. The molecule has 2 rings (SSSR count). The first kappa shape index (κ1) is 14.7. The molecule has 0 fully saturated rings. The Balaban J connectivity index is 2.02. The van der Waals surface area contributed by atoms with E-state index >= 15 is 0 Å². The fourth-order valence-electron chi connectivity index (χ4n) is 1.67. The molecule has 2 aromatic rings. The van der Waals surface area contributed by atoms with Crippen LogP contribution in [0.1, 0.15) is 24.1 Å². The molecule has 1 nitrogen and oxygen atoms in total. The highest BCUT2D eigenvalue weighted by molar-refractivity contribution is 7.98. The minimum Gasteiger partial charge on any atom is -0.324 e. The molecule has 100 valence electrons. The first-order chi connectivity index (χ1) is 9.06. The lowest BCUT2D eigenvalue weighted by molar-refractivity contribution is 0.817. The third-order valence-electron chi connectivity index (χ3n) is 2.82. The molecule has 0 spiro atoms. The number of hydrogen-bond acceptors (Lipinski definition) is 2. The van der Waals surface area contributed by atoms with Crippen molar-refractivity contribution in [1.82, 2.24) is 0 Å². The largest absolute Gasteiger partial charge is 0.324 e. The van der Waals surface area contributed by atoms with Gasteiger partial charge in [0.1, 0.15) is 0 Å². The van der Waals surface area contributed by atoms with Gasteiger partial charge in [0.2, 0.25) is 0 Å². The molecule has 0 heterocycles. The number of benzene rings is 2. The topological polar surface area (TPSA) is 26.0 Å². The van der Waals surface area contributed by atoms with Crippen molar-refractivity contribution in [1.29, 1.82) is 0 Å². The van der Waals surface area contributed by atoms with Crippen LogP contribution >= 0.6 is 35.0 Å². The SMILES string of the molecule is CC(N)c1ccc(SCc2ccc(Cl)cc2Cl)cc1. The normalized spacial score (nSPS) is 12.4. The maximum Gasteiger partial charge on any atom is 0.0461 e. The summed E-state index contributed by atoms with van der Waals surface area (Å²) in [6.45, 7) is 1.98. The Morgan fingerprint density at radius 2 is 1.79 bits per heavy atom. The number of rotatable bonds is 4. The van der Waals surface area contributed by atoms with Gasteiger partial charge in [-0.05, 0) is 42.3 Å². The van der Waals surface area contributed by atoms with Crippen LogP contribution in [0.5, 0.6) is 0 Å². The van der Waals surface area contributed by atoms with E-state index in [1.54, 1.807) is 17.8 Å². The Kier molecular flexibility index (Phi) is 5.17. The summed E-state index contributed by atoms with van der Waals surface area (Å²) in [6, 6.07) is 14.0. The van der Waals surface area contributed by atoms with Crippen molar-refractivity contribution in [3.05, 3.63) is 63.6 Å². The van der Waals surface area contributed by atoms with E-state index in [2.05, 4.69) is 24.3 Å². The predicted octanol–water partition coefficient (Wildman–Crippen LogP) is 5.31. The van der Waals surface area contributed by atoms with E-state index in [-0.39, 0.29) is 6.04 Å². The maximum atomic E-state index is 6.15. The van der Waals surface area contributed by atoms with Crippen LogP contribution in [0.2, 0.25) is 10.0 Å². The second kappa shape index (κ2) is 6.67. The molecule has 1 unspecified atom stereocenters. The summed E-state index contributed by atoms with van der Waals surface area (Å²) >= 11 is 13.8. The predicted molar refractivity (Wildman–Crippen MR) is 85.1 cm³/mol. The Morgan fingerprint density at radius 3 is 2.37 bits per heavy atom. The van der Waals surface area contributed by atoms with Gasteiger partial charge in [0.25, 0.3) is 0 Å². The molecular formula is C15H15Cl2NS. The molecule has 2 N–H and O–H groups in total. The number of nitrogens with two attached hydrogens (primary N) is 1. The molecule has 0 aliphatic rings. The molecule has 0 saturated heterocycles. The third-order valence-corrected chi connectivity index (χ3v) is 4.46. The highest BCUT2D eigenvalue weighted by Crippen LogP contribution is 2.29. The van der Waals surface area contributed by atoms with Gasteiger partial charge >= 0.3 is 0 Å². The molecule has 4 heteroatoms. The summed E-state index contributed by atoms with van der Waals surface area (Å²) in [7, 11) is 0. The molecule has 0 amide bonds. The molecular weight excluding hydrogens is 297 g/mol. The minimum absolute atomic E-state index is 0.0739. The highest BCUT2D eigenvalue weighted by atomic mass is 35.5. The van der Waals surface area contributed by atoms with Gasteiger partial charge in [-0.3, -0.25) is 0 Å². The van der Waals surface area contributed by atoms with E-state index in [4.69, 9.17) is 28.9 Å². The highest BCUT2D eigenvalue weighted by Gasteiger charge is 2.03. The van der Waals surface area contributed by atoms with Gasteiger partial charge in [-0.1, -0.05) is 41.4 Å². The van der Waals surface area contributed by atoms with Gasteiger partial charge in [-0.25, -0.2) is 0 Å². The zero-order chi connectivity index (χ0) is 13.8. The molecule has 19 heavy (non-hydrogen) atoms. The third kappa shape index (κ3) is 4.15. The Morgan fingerprint density at radius 1 is 1.11 bits per heavy atom. The summed E-state index contributed by atoms with van der Waals surface area (Å²) in [5.74, 6) is 0.827. The Bertz CT molecular complexity index is 553. The fourth-order valence-corrected chi connectivity index (χ4v) is 3.12. The van der Waals surface area contributed by atoms with Crippen LogP contribution in [-0.2, 0) is 5.75 Å². The van der Waals surface area contributed by atoms with Crippen molar-refractivity contribution in [3.63, 3.8) is 0 Å². The smallest absolute Gasteiger partial charge is 0.0461 e. The van der Waals surface area contributed by atoms with Crippen molar-refractivity contribution >= 4 is 35.0 Å². The number of hydrogen-bond donors (Lipinski definition) is 1. The lowest BCUT2D eigenvalue weighted by Crippen LogP contribution is -2.04. The van der Waals surface area contributed by atoms with E-state index < -0.39 is 0 Å². The van der Waals surface area contributed by atoms with E-state index in [1.807, 2.05) is 19.1 Å². The average Bonchev–Trinajstić information content (AvgIpc) is 2.38. The van der Waals surface area contributed by atoms with Crippen LogP contribution in [-0.4, -0.2) is 0 Å². The van der Waals surface area contributed by atoms with Crippen molar-refractivity contribution < 1.29 is 0 Å². The summed E-state index contributed by atoms with van der Waals surface area (Å²) in [4.78, 5) is 1.20. The van der Waals surface area contributed by atoms with E-state index in [9.17, 15) is 0 Å². The average molecular weight is 312 g/mol. The lowest BCUT2D eigenvalue weighted by atomic mass is 10.1. The van der Waals surface area contributed by atoms with Gasteiger partial charge in [0.05, 0.1) is 0 Å². The van der Waals surface area contributed by atoms with Crippen LogP contribution in [0.15, 0.2) is 47.4 Å². The molecule has 0 saturated carbocycles. The maximum absolute atomic E-state index is 6.15. The van der Waals surface area contributed by atoms with E-state index in [1.165, 1.54) is 4.90 Å². The standard InChI is InChI=1S/C15H15Cl2NS/c1-10(18)11-3-6-14(7-4-11)19-9-12-2-5-13(16)8-15(12)17/h2-8,10H,9,18H2,1H3. The molecule has 0 bridgehead atoms. The van der Waals surface area contributed by atoms with Crippen LogP contribution < -0.4 is 5.73 Å². The summed E-state index contributed by atoms with van der Waals surface area (Å²) in [5.41, 5.74) is 8.06. The second-order valence-corrected chi connectivity index (χ2v) is 6.27. The second-order valence-electron chi connectivity index (χ2n) is 4.38. The van der Waals surface area contributed by atoms with Gasteiger partial charge in [0.15, 0.2) is 0 Å².